The van der Waals surface area contributed by atoms with Gasteiger partial charge in [-0.05, 0) is 42.3 Å². The van der Waals surface area contributed by atoms with E-state index in [0.29, 0.717) is 42.2 Å². The van der Waals surface area contributed by atoms with Crippen LogP contribution in [0.5, 0.6) is 0 Å². The summed E-state index contributed by atoms with van der Waals surface area (Å²) in [7, 11) is -3.96. The highest BCUT2D eigenvalue weighted by molar-refractivity contribution is 7.89. The number of amides is 1. The molecule has 0 saturated carbocycles. The molecule has 0 radical (unpaired) electrons. The summed E-state index contributed by atoms with van der Waals surface area (Å²) in [4.78, 5) is 17.2. The van der Waals surface area contributed by atoms with E-state index in [0.717, 1.165) is 17.4 Å². The minimum atomic E-state index is -3.96. The van der Waals surface area contributed by atoms with Gasteiger partial charge >= 0.3 is 0 Å². The Morgan fingerprint density at radius 2 is 1.75 bits per heavy atom. The number of benzene rings is 2. The number of piperazine rings is 1. The van der Waals surface area contributed by atoms with Gasteiger partial charge in [-0.2, -0.15) is 13.5 Å². The van der Waals surface area contributed by atoms with E-state index in [1.807, 2.05) is 38.1 Å². The minimum Gasteiger partial charge on any atom is -0.368 e. The van der Waals surface area contributed by atoms with Gasteiger partial charge in [0.05, 0.1) is 11.7 Å². The zero-order chi connectivity index (χ0) is 22.9. The van der Waals surface area contributed by atoms with Crippen LogP contribution in [0.4, 0.5) is 5.69 Å². The Balaban J connectivity index is 1.47. The van der Waals surface area contributed by atoms with Crippen LogP contribution in [-0.4, -0.2) is 60.2 Å². The molecule has 1 aromatic heterocycles. The Labute approximate surface area is 196 Å². The molecule has 1 unspecified atom stereocenters. The van der Waals surface area contributed by atoms with Gasteiger partial charge in [-0.15, -0.1) is 0 Å². The Kier molecular flexibility index (Phi) is 6.66. The summed E-state index contributed by atoms with van der Waals surface area (Å²) >= 11 is 6.93. The first kappa shape index (κ1) is 22.9. The smallest absolute Gasteiger partial charge is 0.243 e. The van der Waals surface area contributed by atoms with Gasteiger partial charge in [0.2, 0.25) is 15.9 Å². The Bertz CT molecular complexity index is 1210. The van der Waals surface area contributed by atoms with Crippen LogP contribution in [0.2, 0.25) is 5.02 Å². The lowest BCUT2D eigenvalue weighted by molar-refractivity contribution is -0.134. The number of aromatic nitrogens is 2. The maximum absolute atomic E-state index is 13.3. The summed E-state index contributed by atoms with van der Waals surface area (Å²) in [6.45, 7) is 6.01. The first-order chi connectivity index (χ1) is 15.3. The number of nitrogens with one attached hydrogen (secondary N) is 1. The van der Waals surface area contributed by atoms with Gasteiger partial charge in [0, 0.05) is 36.9 Å². The van der Waals surface area contributed by atoms with Crippen LogP contribution in [-0.2, 0) is 14.8 Å². The molecule has 2 heterocycles. The van der Waals surface area contributed by atoms with Crippen molar-refractivity contribution >= 4 is 56.0 Å². The molecule has 1 atom stereocenters. The van der Waals surface area contributed by atoms with E-state index in [1.165, 1.54) is 6.07 Å². The molecular formula is C21H24ClN5O3S2. The highest BCUT2D eigenvalue weighted by atomic mass is 35.5. The number of halogens is 1. The molecule has 1 fully saturated rings. The average Bonchev–Trinajstić information content (AvgIpc) is 3.26. The first-order valence-electron chi connectivity index (χ1n) is 10.3. The van der Waals surface area contributed by atoms with E-state index in [2.05, 4.69) is 18.4 Å². The Morgan fingerprint density at radius 3 is 2.41 bits per heavy atom. The number of hydrogen-bond acceptors (Lipinski definition) is 7. The number of sulfonamides is 1. The normalized spacial score (nSPS) is 16.0. The maximum Gasteiger partial charge on any atom is 0.243 e. The molecule has 11 heteroatoms. The molecule has 0 spiro atoms. The maximum atomic E-state index is 13.3. The number of hydrogen-bond donors (Lipinski definition) is 1. The molecule has 0 bridgehead atoms. The van der Waals surface area contributed by atoms with E-state index in [4.69, 9.17) is 11.6 Å². The van der Waals surface area contributed by atoms with Crippen molar-refractivity contribution in [1.82, 2.24) is 18.4 Å². The second kappa shape index (κ2) is 9.30. The molecule has 4 rings (SSSR count). The molecule has 2 aromatic carbocycles. The number of carbonyl (C=O) groups excluding carboxylic acids is 1. The molecule has 1 aliphatic rings. The van der Waals surface area contributed by atoms with Crippen molar-refractivity contribution in [1.29, 1.82) is 0 Å². The molecule has 8 nitrogen and oxygen atoms in total. The third-order valence-electron chi connectivity index (χ3n) is 5.54. The van der Waals surface area contributed by atoms with Gasteiger partial charge in [-0.3, -0.25) is 4.79 Å². The monoisotopic (exact) mass is 493 g/mol. The highest BCUT2D eigenvalue weighted by Gasteiger charge is 2.34. The zero-order valence-electron chi connectivity index (χ0n) is 17.7. The van der Waals surface area contributed by atoms with Crippen molar-refractivity contribution in [3.05, 3.63) is 47.5 Å². The van der Waals surface area contributed by atoms with Gasteiger partial charge in [0.25, 0.3) is 0 Å². The molecular weight excluding hydrogens is 470 g/mol. The molecule has 1 amide bonds. The van der Waals surface area contributed by atoms with Gasteiger partial charge in [-0.1, -0.05) is 31.5 Å². The highest BCUT2D eigenvalue weighted by Crippen LogP contribution is 2.23. The third-order valence-corrected chi connectivity index (χ3v) is 7.80. The Hall–Kier alpha value is -2.27. The second-order valence-electron chi connectivity index (χ2n) is 8.02. The zero-order valence-corrected chi connectivity index (χ0v) is 20.1. The van der Waals surface area contributed by atoms with Crippen molar-refractivity contribution in [2.45, 2.75) is 24.8 Å². The van der Waals surface area contributed by atoms with E-state index in [1.54, 1.807) is 17.0 Å². The largest absolute Gasteiger partial charge is 0.368 e. The average molecular weight is 494 g/mol. The molecule has 3 aromatic rings. The van der Waals surface area contributed by atoms with Gasteiger partial charge < -0.3 is 9.80 Å². The van der Waals surface area contributed by atoms with Crippen molar-refractivity contribution in [3.8, 4) is 0 Å². The number of anilines is 1. The van der Waals surface area contributed by atoms with E-state index >= 15 is 0 Å². The molecule has 32 heavy (non-hydrogen) atoms. The van der Waals surface area contributed by atoms with Crippen molar-refractivity contribution in [2.24, 2.45) is 5.92 Å². The van der Waals surface area contributed by atoms with Crippen LogP contribution in [0.15, 0.2) is 47.4 Å². The predicted octanol–water partition coefficient (Wildman–Crippen LogP) is 3.00. The van der Waals surface area contributed by atoms with Crippen LogP contribution in [0.3, 0.4) is 0 Å². The molecule has 170 valence electrons. The summed E-state index contributed by atoms with van der Waals surface area (Å²) in [6, 6.07) is 11.6. The molecule has 1 saturated heterocycles. The minimum absolute atomic E-state index is 0.0368. The van der Waals surface area contributed by atoms with Crippen LogP contribution >= 0.6 is 23.3 Å². The van der Waals surface area contributed by atoms with E-state index in [9.17, 15) is 13.2 Å². The van der Waals surface area contributed by atoms with Gasteiger partial charge in [0.1, 0.15) is 22.0 Å². The lowest BCUT2D eigenvalue weighted by atomic mass is 10.0. The molecule has 0 aliphatic carbocycles. The number of fused-ring (bicyclic) bond motifs is 1. The lowest BCUT2D eigenvalue weighted by Crippen LogP contribution is -2.56. The summed E-state index contributed by atoms with van der Waals surface area (Å²) < 4.78 is 37.1. The summed E-state index contributed by atoms with van der Waals surface area (Å²) in [5.41, 5.74) is 1.88. The predicted molar refractivity (Wildman–Crippen MR) is 127 cm³/mol. The van der Waals surface area contributed by atoms with Crippen molar-refractivity contribution < 1.29 is 13.2 Å². The number of rotatable bonds is 6. The summed E-state index contributed by atoms with van der Waals surface area (Å²) in [6.07, 6.45) is 0. The summed E-state index contributed by atoms with van der Waals surface area (Å²) in [5, 5.41) is 0.679. The fourth-order valence-corrected chi connectivity index (χ4v) is 5.96. The van der Waals surface area contributed by atoms with Crippen molar-refractivity contribution in [3.63, 3.8) is 0 Å². The second-order valence-corrected chi connectivity index (χ2v) is 10.7. The first-order valence-corrected chi connectivity index (χ1v) is 12.9. The standard InChI is InChI=1S/C21H24ClN5O3S2/c1-14(2)19(25-32(29,30)18-5-3-4-17-20(18)24-31-23-17)21(28)27-12-10-26(11-13-27)16-8-6-15(22)7-9-16/h3-9,14,19,25H,10-13H2,1-2H3. The SMILES string of the molecule is CC(C)C(NS(=O)(=O)c1cccc2nsnc12)C(=O)N1CCN(c2ccc(Cl)cc2)CC1. The number of carbonyl (C=O) groups is 1. The third kappa shape index (κ3) is 4.73. The van der Waals surface area contributed by atoms with Crippen LogP contribution < -0.4 is 9.62 Å². The fourth-order valence-electron chi connectivity index (χ4n) is 3.73. The van der Waals surface area contributed by atoms with Gasteiger partial charge in [-0.25, -0.2) is 8.42 Å². The van der Waals surface area contributed by atoms with Crippen molar-refractivity contribution in [2.75, 3.05) is 31.1 Å². The van der Waals surface area contributed by atoms with Gasteiger partial charge in [0.15, 0.2) is 0 Å². The lowest BCUT2D eigenvalue weighted by Gasteiger charge is -2.38. The fraction of sp³-hybridized carbons (Fsp3) is 0.381. The topological polar surface area (TPSA) is 95.5 Å². The molecule has 1 aliphatic heterocycles. The van der Waals surface area contributed by atoms with Crippen LogP contribution in [0.25, 0.3) is 11.0 Å². The van der Waals surface area contributed by atoms with E-state index in [-0.39, 0.29) is 16.7 Å². The number of nitrogens with zero attached hydrogens (tertiary/aromatic N) is 4. The molecule has 1 N–H and O–H groups in total. The van der Waals surface area contributed by atoms with E-state index < -0.39 is 16.1 Å². The van der Waals surface area contributed by atoms with Crippen LogP contribution in [0, 0.1) is 5.92 Å². The van der Waals surface area contributed by atoms with Crippen LogP contribution in [0.1, 0.15) is 13.8 Å². The summed E-state index contributed by atoms with van der Waals surface area (Å²) in [5.74, 6) is -0.442. The quantitative estimate of drug-likeness (QED) is 0.567. The Morgan fingerprint density at radius 1 is 1.06 bits per heavy atom.